The number of ether oxygens (including phenoxy) is 1. The molecular formula is C25H30N2O3S. The van der Waals surface area contributed by atoms with Gasteiger partial charge in [-0.25, -0.2) is 4.98 Å². The molecule has 0 aliphatic heterocycles. The lowest BCUT2D eigenvalue weighted by Gasteiger charge is -2.22. The molecule has 0 bridgehead atoms. The molecule has 0 saturated heterocycles. The fraction of sp³-hybridized carbons (Fsp3) is 0.440. The Morgan fingerprint density at radius 2 is 1.81 bits per heavy atom. The molecule has 0 amide bonds. The van der Waals surface area contributed by atoms with Gasteiger partial charge in [0.15, 0.2) is 0 Å². The number of para-hydroxylation sites is 1. The molecule has 5 nitrogen and oxygen atoms in total. The molecule has 1 aromatic heterocycles. The third-order valence-corrected chi connectivity index (χ3v) is 6.65. The lowest BCUT2D eigenvalue weighted by atomic mass is 10.1. The number of unbranched alkanes of at least 4 members (excludes halogenated alkanes) is 3. The van der Waals surface area contributed by atoms with Crippen molar-refractivity contribution in [3.05, 3.63) is 54.1 Å². The summed E-state index contributed by atoms with van der Waals surface area (Å²) in [5.74, 6) is 0.138. The zero-order valence-electron chi connectivity index (χ0n) is 17.8. The fourth-order valence-corrected chi connectivity index (χ4v) is 4.69. The molecule has 31 heavy (non-hydrogen) atoms. The summed E-state index contributed by atoms with van der Waals surface area (Å²) in [6.07, 6.45) is 8.05. The maximum Gasteiger partial charge on any atom is 0.303 e. The van der Waals surface area contributed by atoms with Gasteiger partial charge in [0.25, 0.3) is 5.19 Å². The van der Waals surface area contributed by atoms with Gasteiger partial charge in [-0.3, -0.25) is 4.79 Å². The smallest absolute Gasteiger partial charge is 0.303 e. The maximum atomic E-state index is 10.6. The summed E-state index contributed by atoms with van der Waals surface area (Å²) in [6.45, 7) is 2.20. The van der Waals surface area contributed by atoms with Crippen LogP contribution in [0, 0.1) is 0 Å². The number of carbonyl (C=O) groups is 1. The van der Waals surface area contributed by atoms with Crippen LogP contribution in [0.25, 0.3) is 10.2 Å². The van der Waals surface area contributed by atoms with Gasteiger partial charge in [-0.2, -0.15) is 0 Å². The van der Waals surface area contributed by atoms with Gasteiger partial charge in [-0.05, 0) is 68.5 Å². The van der Waals surface area contributed by atoms with Crippen LogP contribution in [0.4, 0.5) is 0 Å². The first-order valence-electron chi connectivity index (χ1n) is 11.3. The summed E-state index contributed by atoms with van der Waals surface area (Å²) in [6, 6.07) is 17.2. The highest BCUT2D eigenvalue weighted by molar-refractivity contribution is 7.20. The molecule has 0 unspecified atom stereocenters. The zero-order valence-corrected chi connectivity index (χ0v) is 18.7. The summed E-state index contributed by atoms with van der Waals surface area (Å²) in [4.78, 5) is 17.7. The first-order chi connectivity index (χ1) is 15.2. The van der Waals surface area contributed by atoms with Crippen molar-refractivity contribution in [2.45, 2.75) is 57.4 Å². The van der Waals surface area contributed by atoms with Crippen molar-refractivity contribution in [2.75, 3.05) is 13.1 Å². The maximum absolute atomic E-state index is 10.6. The van der Waals surface area contributed by atoms with Gasteiger partial charge >= 0.3 is 5.97 Å². The number of thiazole rings is 1. The predicted octanol–water partition coefficient (Wildman–Crippen LogP) is 6.13. The van der Waals surface area contributed by atoms with Gasteiger partial charge in [-0.15, -0.1) is 0 Å². The predicted molar refractivity (Wildman–Crippen MR) is 125 cm³/mol. The highest BCUT2D eigenvalue weighted by atomic mass is 32.1. The summed E-state index contributed by atoms with van der Waals surface area (Å²) < 4.78 is 7.09. The van der Waals surface area contributed by atoms with Crippen LogP contribution in [0.15, 0.2) is 48.5 Å². The molecule has 1 fully saturated rings. The lowest BCUT2D eigenvalue weighted by molar-refractivity contribution is -0.137. The van der Waals surface area contributed by atoms with Crippen molar-refractivity contribution in [1.29, 1.82) is 0 Å². The Labute approximate surface area is 187 Å². The molecule has 4 rings (SSSR count). The number of aromatic nitrogens is 1. The summed E-state index contributed by atoms with van der Waals surface area (Å²) in [5.41, 5.74) is 2.30. The molecule has 1 aliphatic rings. The highest BCUT2D eigenvalue weighted by Crippen LogP contribution is 2.31. The Morgan fingerprint density at radius 3 is 2.55 bits per heavy atom. The van der Waals surface area contributed by atoms with Crippen molar-refractivity contribution >= 4 is 27.5 Å². The third kappa shape index (κ3) is 6.77. The molecule has 0 spiro atoms. The zero-order chi connectivity index (χ0) is 21.5. The molecule has 1 aliphatic carbocycles. The summed E-state index contributed by atoms with van der Waals surface area (Å²) >= 11 is 1.57. The summed E-state index contributed by atoms with van der Waals surface area (Å²) in [5, 5.41) is 9.40. The number of aliphatic carboxylic acids is 1. The number of fused-ring (bicyclic) bond motifs is 1. The minimum absolute atomic E-state index is 0.297. The molecule has 2 aromatic carbocycles. The topological polar surface area (TPSA) is 62.7 Å². The Bertz CT molecular complexity index is 949. The van der Waals surface area contributed by atoms with Crippen LogP contribution in [0.2, 0.25) is 0 Å². The van der Waals surface area contributed by atoms with E-state index in [4.69, 9.17) is 9.84 Å². The molecule has 0 atom stereocenters. The van der Waals surface area contributed by atoms with Gasteiger partial charge in [-0.1, -0.05) is 48.4 Å². The molecular weight excluding hydrogens is 408 g/mol. The molecule has 6 heteroatoms. The van der Waals surface area contributed by atoms with Gasteiger partial charge in [0.05, 0.1) is 10.2 Å². The standard InChI is InChI=1S/C25H30N2O3S/c28-24(29)9-3-1-2-6-17-27(20-12-13-20)18-16-19-10-14-21(15-11-19)30-25-26-22-7-4-5-8-23(22)31-25/h4-5,7-8,10-11,14-15,20H,1-3,6,9,12-13,16-18H2,(H,28,29). The second-order valence-electron chi connectivity index (χ2n) is 8.27. The Hall–Kier alpha value is -2.44. The minimum atomic E-state index is -0.684. The molecule has 1 heterocycles. The van der Waals surface area contributed by atoms with Crippen LogP contribution in [-0.4, -0.2) is 40.1 Å². The molecule has 3 aromatic rings. The van der Waals surface area contributed by atoms with E-state index in [2.05, 4.69) is 28.1 Å². The van der Waals surface area contributed by atoms with E-state index in [9.17, 15) is 4.79 Å². The van der Waals surface area contributed by atoms with Crippen molar-refractivity contribution in [3.8, 4) is 10.9 Å². The Morgan fingerprint density at radius 1 is 1.03 bits per heavy atom. The average Bonchev–Trinajstić information content (AvgIpc) is 3.52. The van der Waals surface area contributed by atoms with E-state index < -0.39 is 5.97 Å². The SMILES string of the molecule is O=C(O)CCCCCCN(CCc1ccc(Oc2nc3ccccc3s2)cc1)C1CC1. The van der Waals surface area contributed by atoms with Gasteiger partial charge in [0.2, 0.25) is 0 Å². The summed E-state index contributed by atoms with van der Waals surface area (Å²) in [7, 11) is 0. The quantitative estimate of drug-likeness (QED) is 0.325. The molecule has 164 valence electrons. The van der Waals surface area contributed by atoms with E-state index in [0.29, 0.717) is 11.6 Å². The molecule has 1 N–H and O–H groups in total. The van der Waals surface area contributed by atoms with Crippen LogP contribution in [0.1, 0.15) is 50.5 Å². The number of benzene rings is 2. The number of hydrogen-bond acceptors (Lipinski definition) is 5. The molecule has 0 radical (unpaired) electrons. The van der Waals surface area contributed by atoms with Crippen molar-refractivity contribution < 1.29 is 14.6 Å². The highest BCUT2D eigenvalue weighted by Gasteiger charge is 2.28. The second kappa shape index (κ2) is 10.7. The van der Waals surface area contributed by atoms with E-state index in [1.54, 1.807) is 11.3 Å². The first kappa shape index (κ1) is 21.8. The van der Waals surface area contributed by atoms with Crippen molar-refractivity contribution in [3.63, 3.8) is 0 Å². The normalized spacial score (nSPS) is 13.7. The Kier molecular flexibility index (Phi) is 7.54. The van der Waals surface area contributed by atoms with Crippen molar-refractivity contribution in [1.82, 2.24) is 9.88 Å². The van der Waals surface area contributed by atoms with Crippen LogP contribution >= 0.6 is 11.3 Å². The average molecular weight is 439 g/mol. The van der Waals surface area contributed by atoms with E-state index in [1.165, 1.54) is 18.4 Å². The number of carboxylic acid groups (broad SMARTS) is 1. The van der Waals surface area contributed by atoms with Crippen molar-refractivity contribution in [2.24, 2.45) is 0 Å². The van der Waals surface area contributed by atoms with E-state index in [0.717, 1.165) is 67.2 Å². The first-order valence-corrected chi connectivity index (χ1v) is 12.1. The number of nitrogens with zero attached hydrogens (tertiary/aromatic N) is 2. The number of hydrogen-bond donors (Lipinski definition) is 1. The van der Waals surface area contributed by atoms with E-state index in [1.807, 2.05) is 30.3 Å². The number of rotatable bonds is 13. The van der Waals surface area contributed by atoms with Crippen LogP contribution in [0.3, 0.4) is 0 Å². The van der Waals surface area contributed by atoms with E-state index in [-0.39, 0.29) is 0 Å². The molecule has 1 saturated carbocycles. The van der Waals surface area contributed by atoms with Gasteiger partial charge in [0, 0.05) is 19.0 Å². The largest absolute Gasteiger partial charge is 0.481 e. The monoisotopic (exact) mass is 438 g/mol. The number of carboxylic acids is 1. The second-order valence-corrected chi connectivity index (χ2v) is 9.26. The van der Waals surface area contributed by atoms with Crippen LogP contribution < -0.4 is 4.74 Å². The fourth-order valence-electron chi connectivity index (χ4n) is 3.85. The van der Waals surface area contributed by atoms with Crippen LogP contribution in [0.5, 0.6) is 10.9 Å². The minimum Gasteiger partial charge on any atom is -0.481 e. The van der Waals surface area contributed by atoms with Gasteiger partial charge in [0.1, 0.15) is 5.75 Å². The third-order valence-electron chi connectivity index (χ3n) is 5.74. The van der Waals surface area contributed by atoms with Gasteiger partial charge < -0.3 is 14.7 Å². The van der Waals surface area contributed by atoms with Crippen LogP contribution in [-0.2, 0) is 11.2 Å². The van der Waals surface area contributed by atoms with E-state index >= 15 is 0 Å². The Balaban J connectivity index is 1.21. The lowest BCUT2D eigenvalue weighted by Crippen LogP contribution is -2.29.